The average Bonchev–Trinajstić information content (AvgIpc) is 2.58. The predicted octanol–water partition coefficient (Wildman–Crippen LogP) is 3.20. The molecule has 3 nitrogen and oxygen atoms in total. The van der Waals surface area contributed by atoms with E-state index in [0.29, 0.717) is 28.1 Å². The minimum Gasteiger partial charge on any atom is -0.354 e. The van der Waals surface area contributed by atoms with Gasteiger partial charge in [0.15, 0.2) is 5.78 Å². The molecular weight excluding hydrogens is 259 g/mol. The highest BCUT2D eigenvalue weighted by Crippen LogP contribution is 2.31. The molecule has 0 aliphatic carbocycles. The van der Waals surface area contributed by atoms with Crippen LogP contribution in [0.2, 0.25) is 10.0 Å². The number of piperidine rings is 1. The number of ketones is 1. The molecule has 0 aromatic carbocycles. The maximum atomic E-state index is 12.1. The van der Waals surface area contributed by atoms with Gasteiger partial charge in [-0.15, -0.1) is 0 Å². The van der Waals surface area contributed by atoms with Gasteiger partial charge in [0, 0.05) is 12.1 Å². The van der Waals surface area contributed by atoms with Gasteiger partial charge in [0.2, 0.25) is 0 Å². The first kappa shape index (κ1) is 12.9. The molecule has 0 saturated carbocycles. The van der Waals surface area contributed by atoms with E-state index in [1.807, 2.05) is 6.92 Å². The Kier molecular flexibility index (Phi) is 4.13. The Morgan fingerprint density at radius 3 is 2.47 bits per heavy atom. The third kappa shape index (κ3) is 2.84. The van der Waals surface area contributed by atoms with Crippen LogP contribution < -0.4 is 5.32 Å². The van der Waals surface area contributed by atoms with Crippen molar-refractivity contribution < 1.29 is 4.79 Å². The smallest absolute Gasteiger partial charge is 0.180 e. The van der Waals surface area contributed by atoms with Gasteiger partial charge in [0.05, 0.1) is 10.0 Å². The Bertz CT molecular complexity index is 422. The first-order valence-corrected chi connectivity index (χ1v) is 6.62. The highest BCUT2D eigenvalue weighted by Gasteiger charge is 2.22. The van der Waals surface area contributed by atoms with Crippen LogP contribution in [0.5, 0.6) is 0 Å². The first-order valence-electron chi connectivity index (χ1n) is 5.87. The molecule has 1 aromatic rings. The second-order valence-electron chi connectivity index (χ2n) is 4.57. The van der Waals surface area contributed by atoms with Crippen molar-refractivity contribution in [2.45, 2.75) is 26.2 Å². The van der Waals surface area contributed by atoms with Gasteiger partial charge < -0.3 is 10.3 Å². The van der Waals surface area contributed by atoms with Crippen molar-refractivity contribution >= 4 is 29.0 Å². The Morgan fingerprint density at radius 1 is 1.29 bits per heavy atom. The molecule has 1 aliphatic heterocycles. The third-order valence-corrected chi connectivity index (χ3v) is 4.21. The van der Waals surface area contributed by atoms with E-state index >= 15 is 0 Å². The van der Waals surface area contributed by atoms with Crippen LogP contribution in [0.15, 0.2) is 0 Å². The minimum atomic E-state index is 0.0666. The van der Waals surface area contributed by atoms with E-state index < -0.39 is 0 Å². The Hall–Kier alpha value is -0.510. The molecule has 1 saturated heterocycles. The average molecular weight is 275 g/mol. The fourth-order valence-electron chi connectivity index (χ4n) is 2.21. The van der Waals surface area contributed by atoms with E-state index in [1.165, 1.54) is 0 Å². The summed E-state index contributed by atoms with van der Waals surface area (Å²) in [6.07, 6.45) is 2.66. The highest BCUT2D eigenvalue weighted by molar-refractivity contribution is 6.44. The quantitative estimate of drug-likeness (QED) is 0.832. The summed E-state index contributed by atoms with van der Waals surface area (Å²) in [7, 11) is 0. The zero-order valence-corrected chi connectivity index (χ0v) is 11.3. The van der Waals surface area contributed by atoms with Gasteiger partial charge in [0.1, 0.15) is 5.69 Å². The van der Waals surface area contributed by atoms with Gasteiger partial charge in [0.25, 0.3) is 0 Å². The van der Waals surface area contributed by atoms with Crippen molar-refractivity contribution in [3.8, 4) is 0 Å². The molecule has 2 N–H and O–H groups in total. The number of Topliss-reactive ketones (excluding diaryl/α,β-unsaturated/α-hetero) is 1. The summed E-state index contributed by atoms with van der Waals surface area (Å²) in [6, 6.07) is 0. The summed E-state index contributed by atoms with van der Waals surface area (Å²) in [5, 5.41) is 4.11. The summed E-state index contributed by atoms with van der Waals surface area (Å²) >= 11 is 12.0. The summed E-state index contributed by atoms with van der Waals surface area (Å²) in [4.78, 5) is 15.1. The Morgan fingerprint density at radius 2 is 1.94 bits per heavy atom. The zero-order chi connectivity index (χ0) is 12.4. The van der Waals surface area contributed by atoms with Gasteiger partial charge in [-0.25, -0.2) is 0 Å². The van der Waals surface area contributed by atoms with Crippen molar-refractivity contribution in [2.75, 3.05) is 13.1 Å². The van der Waals surface area contributed by atoms with Crippen LogP contribution in [0.25, 0.3) is 0 Å². The van der Waals surface area contributed by atoms with Gasteiger partial charge in [-0.3, -0.25) is 4.79 Å². The van der Waals surface area contributed by atoms with Crippen molar-refractivity contribution in [1.82, 2.24) is 10.3 Å². The third-order valence-electron chi connectivity index (χ3n) is 3.27. The van der Waals surface area contributed by atoms with Crippen LogP contribution in [0, 0.1) is 12.8 Å². The van der Waals surface area contributed by atoms with E-state index in [0.717, 1.165) is 31.6 Å². The molecule has 1 fully saturated rings. The van der Waals surface area contributed by atoms with Crippen LogP contribution in [0.4, 0.5) is 0 Å². The second-order valence-corrected chi connectivity index (χ2v) is 5.33. The molecule has 0 unspecified atom stereocenters. The second kappa shape index (κ2) is 5.42. The van der Waals surface area contributed by atoms with E-state index in [1.54, 1.807) is 0 Å². The number of nitrogens with one attached hydrogen (secondary N) is 2. The molecule has 1 aliphatic rings. The highest BCUT2D eigenvalue weighted by atomic mass is 35.5. The Labute approximate surface area is 111 Å². The summed E-state index contributed by atoms with van der Waals surface area (Å²) in [5.74, 6) is 0.527. The molecule has 0 atom stereocenters. The maximum absolute atomic E-state index is 12.1. The number of halogens is 2. The Balaban J connectivity index is 2.06. The topological polar surface area (TPSA) is 44.9 Å². The van der Waals surface area contributed by atoms with Crippen LogP contribution in [-0.4, -0.2) is 23.9 Å². The molecule has 1 aromatic heterocycles. The number of rotatable bonds is 3. The standard InChI is InChI=1S/C12H16Cl2N2O/c1-7-10(13)11(14)12(16-7)9(17)6-8-2-4-15-5-3-8/h8,15-16H,2-6H2,1H3. The van der Waals surface area contributed by atoms with Crippen LogP contribution in [-0.2, 0) is 0 Å². The number of hydrogen-bond acceptors (Lipinski definition) is 2. The molecule has 5 heteroatoms. The first-order chi connectivity index (χ1) is 8.09. The molecule has 0 radical (unpaired) electrons. The number of aromatic amines is 1. The number of carbonyl (C=O) groups is 1. The van der Waals surface area contributed by atoms with E-state index in [2.05, 4.69) is 10.3 Å². The molecule has 0 amide bonds. The van der Waals surface area contributed by atoms with Crippen molar-refractivity contribution in [3.63, 3.8) is 0 Å². The van der Waals surface area contributed by atoms with Crippen LogP contribution in [0.3, 0.4) is 0 Å². The number of aromatic nitrogens is 1. The summed E-state index contributed by atoms with van der Waals surface area (Å²) in [6.45, 7) is 3.81. The molecule has 2 rings (SSSR count). The maximum Gasteiger partial charge on any atom is 0.180 e. The fourth-order valence-corrected chi connectivity index (χ4v) is 2.65. The number of carbonyl (C=O) groups excluding carboxylic acids is 1. The minimum absolute atomic E-state index is 0.0666. The van der Waals surface area contributed by atoms with Gasteiger partial charge in [-0.1, -0.05) is 23.2 Å². The lowest BCUT2D eigenvalue weighted by Crippen LogP contribution is -2.29. The monoisotopic (exact) mass is 274 g/mol. The van der Waals surface area contributed by atoms with Crippen molar-refractivity contribution in [1.29, 1.82) is 0 Å². The van der Waals surface area contributed by atoms with Crippen molar-refractivity contribution in [3.05, 3.63) is 21.4 Å². The summed E-state index contributed by atoms with van der Waals surface area (Å²) < 4.78 is 0. The van der Waals surface area contributed by atoms with Crippen LogP contribution in [0.1, 0.15) is 35.4 Å². The van der Waals surface area contributed by atoms with Crippen molar-refractivity contribution in [2.24, 2.45) is 5.92 Å². The predicted molar refractivity (Wildman–Crippen MR) is 70.1 cm³/mol. The molecule has 0 spiro atoms. The molecular formula is C12H16Cl2N2O. The lowest BCUT2D eigenvalue weighted by Gasteiger charge is -2.21. The van der Waals surface area contributed by atoms with Gasteiger partial charge in [-0.2, -0.15) is 0 Å². The van der Waals surface area contributed by atoms with E-state index in [-0.39, 0.29) is 5.78 Å². The molecule has 17 heavy (non-hydrogen) atoms. The molecule has 0 bridgehead atoms. The van der Waals surface area contributed by atoms with E-state index in [9.17, 15) is 4.79 Å². The molecule has 94 valence electrons. The van der Waals surface area contributed by atoms with Gasteiger partial charge in [-0.05, 0) is 38.8 Å². The normalized spacial score (nSPS) is 17.4. The summed E-state index contributed by atoms with van der Waals surface area (Å²) in [5.41, 5.74) is 1.22. The van der Waals surface area contributed by atoms with E-state index in [4.69, 9.17) is 23.2 Å². The largest absolute Gasteiger partial charge is 0.354 e. The number of H-pyrrole nitrogens is 1. The number of hydrogen-bond donors (Lipinski definition) is 2. The molecule has 2 heterocycles. The number of aryl methyl sites for hydroxylation is 1. The zero-order valence-electron chi connectivity index (χ0n) is 9.78. The van der Waals surface area contributed by atoms with Crippen LogP contribution >= 0.6 is 23.2 Å². The fraction of sp³-hybridized carbons (Fsp3) is 0.583. The lowest BCUT2D eigenvalue weighted by molar-refractivity contribution is 0.0948. The van der Waals surface area contributed by atoms with Gasteiger partial charge >= 0.3 is 0 Å². The SMILES string of the molecule is Cc1[nH]c(C(=O)CC2CCNCC2)c(Cl)c1Cl. The lowest BCUT2D eigenvalue weighted by atomic mass is 9.92.